The fourth-order valence-corrected chi connectivity index (χ4v) is 3.45. The van der Waals surface area contributed by atoms with Crippen molar-refractivity contribution >= 4 is 17.8 Å². The maximum absolute atomic E-state index is 12.8. The van der Waals surface area contributed by atoms with Crippen LogP contribution < -0.4 is 16.0 Å². The van der Waals surface area contributed by atoms with Crippen molar-refractivity contribution in [3.8, 4) is 0 Å². The summed E-state index contributed by atoms with van der Waals surface area (Å²) >= 11 is 0. The van der Waals surface area contributed by atoms with E-state index in [0.717, 1.165) is 0 Å². The molecule has 0 bridgehead atoms. The molecule has 3 N–H and O–H groups in total. The number of nitrogens with zero attached hydrogens (tertiary/aromatic N) is 1. The van der Waals surface area contributed by atoms with Crippen LogP contribution in [0.3, 0.4) is 0 Å². The van der Waals surface area contributed by atoms with Crippen LogP contribution in [0.5, 0.6) is 0 Å². The van der Waals surface area contributed by atoms with Gasteiger partial charge in [-0.15, -0.1) is 0 Å². The number of benzene rings is 1. The van der Waals surface area contributed by atoms with E-state index in [-0.39, 0.29) is 23.8 Å². The van der Waals surface area contributed by atoms with Gasteiger partial charge in [-0.25, -0.2) is 4.79 Å². The van der Waals surface area contributed by atoms with E-state index in [1.807, 2.05) is 13.0 Å². The number of urea groups is 1. The Kier molecular flexibility index (Phi) is 9.43. The molecule has 1 heterocycles. The van der Waals surface area contributed by atoms with Crippen molar-refractivity contribution in [3.63, 3.8) is 0 Å². The second kappa shape index (κ2) is 12.1. The van der Waals surface area contributed by atoms with E-state index >= 15 is 0 Å². The Morgan fingerprint density at radius 3 is 2.45 bits per heavy atom. The van der Waals surface area contributed by atoms with E-state index < -0.39 is 6.04 Å². The van der Waals surface area contributed by atoms with Gasteiger partial charge < -0.3 is 25.6 Å². The molecule has 1 aliphatic rings. The number of ether oxygens (including phenoxy) is 1. The average Bonchev–Trinajstić information content (AvgIpc) is 2.75. The molecule has 29 heavy (non-hydrogen) atoms. The number of carbonyl (C=O) groups is 3. The number of carbonyl (C=O) groups excluding carboxylic acids is 3. The Hall–Kier alpha value is -2.61. The maximum Gasteiger partial charge on any atom is 0.317 e. The van der Waals surface area contributed by atoms with Gasteiger partial charge in [0, 0.05) is 45.5 Å². The molecule has 1 aromatic rings. The van der Waals surface area contributed by atoms with Gasteiger partial charge in [-0.05, 0) is 44.2 Å². The molecule has 0 aromatic heterocycles. The van der Waals surface area contributed by atoms with Crippen molar-refractivity contribution < 1.29 is 19.1 Å². The Bertz CT molecular complexity index is 660. The molecule has 8 nitrogen and oxygen atoms in total. The predicted octanol–water partition coefficient (Wildman–Crippen LogP) is 1.38. The average molecular weight is 405 g/mol. The SMILES string of the molecule is CCNC(=O)N1CCC([C@@H](NC(=O)c2ccccc2)C(=O)NCCCOC)CC1. The van der Waals surface area contributed by atoms with Crippen LogP contribution >= 0.6 is 0 Å². The highest BCUT2D eigenvalue weighted by atomic mass is 16.5. The number of hydrogen-bond acceptors (Lipinski definition) is 4. The van der Waals surface area contributed by atoms with Gasteiger partial charge in [0.25, 0.3) is 5.91 Å². The number of hydrogen-bond donors (Lipinski definition) is 3. The number of nitrogens with one attached hydrogen (secondary N) is 3. The van der Waals surface area contributed by atoms with Gasteiger partial charge in [0.05, 0.1) is 0 Å². The molecule has 0 unspecified atom stereocenters. The van der Waals surface area contributed by atoms with Gasteiger partial charge in [0.1, 0.15) is 6.04 Å². The van der Waals surface area contributed by atoms with Crippen LogP contribution in [0.2, 0.25) is 0 Å². The van der Waals surface area contributed by atoms with Crippen molar-refractivity contribution in [2.75, 3.05) is 39.9 Å². The predicted molar refractivity (Wildman–Crippen MR) is 111 cm³/mol. The zero-order valence-electron chi connectivity index (χ0n) is 17.3. The van der Waals surface area contributed by atoms with Crippen LogP contribution in [0.25, 0.3) is 0 Å². The normalized spacial score (nSPS) is 15.4. The van der Waals surface area contributed by atoms with Crippen LogP contribution in [0.1, 0.15) is 36.5 Å². The molecule has 1 saturated heterocycles. The largest absolute Gasteiger partial charge is 0.385 e. The molecule has 1 atom stereocenters. The second-order valence-electron chi connectivity index (χ2n) is 7.11. The molecule has 0 radical (unpaired) electrons. The summed E-state index contributed by atoms with van der Waals surface area (Å²) in [5.41, 5.74) is 0.518. The lowest BCUT2D eigenvalue weighted by atomic mass is 9.88. The molecule has 1 aliphatic heterocycles. The fraction of sp³-hybridized carbons (Fsp3) is 0.571. The quantitative estimate of drug-likeness (QED) is 0.542. The summed E-state index contributed by atoms with van der Waals surface area (Å²) in [5.74, 6) is -0.494. The van der Waals surface area contributed by atoms with Gasteiger partial charge in [0.2, 0.25) is 5.91 Å². The topological polar surface area (TPSA) is 99.8 Å². The fourth-order valence-electron chi connectivity index (χ4n) is 3.45. The van der Waals surface area contributed by atoms with Gasteiger partial charge in [-0.1, -0.05) is 18.2 Å². The third-order valence-electron chi connectivity index (χ3n) is 5.06. The van der Waals surface area contributed by atoms with Gasteiger partial charge >= 0.3 is 6.03 Å². The summed E-state index contributed by atoms with van der Waals surface area (Å²) < 4.78 is 5.01. The zero-order chi connectivity index (χ0) is 21.1. The number of likely N-dealkylation sites (tertiary alicyclic amines) is 1. The van der Waals surface area contributed by atoms with E-state index in [1.54, 1.807) is 36.3 Å². The highest BCUT2D eigenvalue weighted by Crippen LogP contribution is 2.21. The summed E-state index contributed by atoms with van der Waals surface area (Å²) in [5, 5.41) is 8.61. The third-order valence-corrected chi connectivity index (χ3v) is 5.06. The smallest absolute Gasteiger partial charge is 0.317 e. The lowest BCUT2D eigenvalue weighted by molar-refractivity contribution is -0.124. The third kappa shape index (κ3) is 7.05. The maximum atomic E-state index is 12.8. The Balaban J connectivity index is 2.01. The van der Waals surface area contributed by atoms with Crippen molar-refractivity contribution in [1.82, 2.24) is 20.9 Å². The molecular weight excluding hydrogens is 372 g/mol. The summed E-state index contributed by atoms with van der Waals surface area (Å²) in [6.07, 6.45) is 2.02. The van der Waals surface area contributed by atoms with Crippen molar-refractivity contribution in [3.05, 3.63) is 35.9 Å². The standard InChI is InChI=1S/C21H32N4O4/c1-3-22-21(28)25-13-10-16(11-14-25)18(20(27)23-12-7-15-29-2)24-19(26)17-8-5-4-6-9-17/h4-6,8-9,16,18H,3,7,10-15H2,1-2H3,(H,22,28)(H,23,27)(H,24,26)/t18-/m1/s1. The van der Waals surface area contributed by atoms with Gasteiger partial charge in [0.15, 0.2) is 0 Å². The van der Waals surface area contributed by atoms with E-state index in [4.69, 9.17) is 4.74 Å². The lowest BCUT2D eigenvalue weighted by Crippen LogP contribution is -2.54. The highest BCUT2D eigenvalue weighted by molar-refractivity contribution is 5.97. The molecule has 4 amide bonds. The van der Waals surface area contributed by atoms with Crippen molar-refractivity contribution in [1.29, 1.82) is 0 Å². The number of methoxy groups -OCH3 is 1. The molecule has 1 fully saturated rings. The molecule has 1 aromatic carbocycles. The van der Waals surface area contributed by atoms with Crippen LogP contribution in [0.4, 0.5) is 4.79 Å². The number of piperidine rings is 1. The van der Waals surface area contributed by atoms with E-state index in [9.17, 15) is 14.4 Å². The number of amides is 4. The van der Waals surface area contributed by atoms with E-state index in [1.165, 1.54) is 0 Å². The van der Waals surface area contributed by atoms with Crippen LogP contribution in [0.15, 0.2) is 30.3 Å². The first-order chi connectivity index (χ1) is 14.1. The molecule has 0 saturated carbocycles. The first-order valence-corrected chi connectivity index (χ1v) is 10.2. The zero-order valence-corrected chi connectivity index (χ0v) is 17.3. The minimum absolute atomic E-state index is 0.0317. The Labute approximate surface area is 172 Å². The van der Waals surface area contributed by atoms with Gasteiger partial charge in [-0.2, -0.15) is 0 Å². The highest BCUT2D eigenvalue weighted by Gasteiger charge is 2.33. The van der Waals surface area contributed by atoms with E-state index in [2.05, 4.69) is 16.0 Å². The molecular formula is C21H32N4O4. The van der Waals surface area contributed by atoms with Crippen LogP contribution in [-0.2, 0) is 9.53 Å². The number of rotatable bonds is 9. The lowest BCUT2D eigenvalue weighted by Gasteiger charge is -2.35. The summed E-state index contributed by atoms with van der Waals surface area (Å²) in [6, 6.07) is 8.15. The molecule has 8 heteroatoms. The first kappa shape index (κ1) is 22.7. The summed E-state index contributed by atoms with van der Waals surface area (Å²) in [7, 11) is 1.62. The summed E-state index contributed by atoms with van der Waals surface area (Å²) in [6.45, 7) is 4.64. The minimum atomic E-state index is -0.637. The molecule has 2 rings (SSSR count). The molecule has 160 valence electrons. The second-order valence-corrected chi connectivity index (χ2v) is 7.11. The molecule has 0 aliphatic carbocycles. The first-order valence-electron chi connectivity index (χ1n) is 10.2. The van der Waals surface area contributed by atoms with Crippen LogP contribution in [-0.4, -0.2) is 68.7 Å². The van der Waals surface area contributed by atoms with Gasteiger partial charge in [-0.3, -0.25) is 9.59 Å². The van der Waals surface area contributed by atoms with Crippen molar-refractivity contribution in [2.24, 2.45) is 5.92 Å². The monoisotopic (exact) mass is 404 g/mol. The van der Waals surface area contributed by atoms with Crippen molar-refractivity contribution in [2.45, 2.75) is 32.2 Å². The minimum Gasteiger partial charge on any atom is -0.385 e. The van der Waals surface area contributed by atoms with Crippen LogP contribution in [0, 0.1) is 5.92 Å². The Morgan fingerprint density at radius 2 is 1.83 bits per heavy atom. The van der Waals surface area contributed by atoms with E-state index in [0.29, 0.717) is 57.6 Å². The molecule has 0 spiro atoms. The summed E-state index contributed by atoms with van der Waals surface area (Å²) in [4.78, 5) is 39.3. The Morgan fingerprint density at radius 1 is 1.14 bits per heavy atom.